The van der Waals surface area contributed by atoms with E-state index >= 15 is 0 Å². The second kappa shape index (κ2) is 4.37. The molecule has 1 aromatic heterocycles. The summed E-state index contributed by atoms with van der Waals surface area (Å²) in [6.07, 6.45) is 0. The van der Waals surface area contributed by atoms with Crippen LogP contribution in [0, 0.1) is 3.57 Å². The monoisotopic (exact) mass is 382 g/mol. The van der Waals surface area contributed by atoms with Crippen molar-refractivity contribution >= 4 is 59.9 Å². The highest BCUT2D eigenvalue weighted by atomic mass is 127. The highest BCUT2D eigenvalue weighted by Gasteiger charge is 2.10. The van der Waals surface area contributed by atoms with Crippen LogP contribution in [-0.4, -0.2) is 7.11 Å². The molecular weight excluding hydrogens is 375 g/mol. The van der Waals surface area contributed by atoms with Crippen molar-refractivity contribution < 1.29 is 4.74 Å². The number of rotatable bonds is 2. The Balaban J connectivity index is 2.81. The molecule has 2 rings (SSSR count). The average molecular weight is 383 g/mol. The van der Waals surface area contributed by atoms with Crippen LogP contribution < -0.4 is 4.74 Å². The van der Waals surface area contributed by atoms with Crippen LogP contribution in [0.1, 0.15) is 5.56 Å². The fraction of sp³-hybridized carbons (Fsp3) is 0.200. The Morgan fingerprint density at radius 1 is 1.57 bits per heavy atom. The van der Waals surface area contributed by atoms with Crippen molar-refractivity contribution in [3.8, 4) is 5.75 Å². The molecule has 1 heterocycles. The molecule has 0 amide bonds. The molecule has 0 unspecified atom stereocenters. The van der Waals surface area contributed by atoms with Gasteiger partial charge in [-0.3, -0.25) is 0 Å². The zero-order valence-electron chi connectivity index (χ0n) is 7.51. The first kappa shape index (κ1) is 10.7. The van der Waals surface area contributed by atoms with Gasteiger partial charge in [-0.1, -0.05) is 15.9 Å². The number of ether oxygens (including phenoxy) is 1. The number of alkyl halides is 1. The van der Waals surface area contributed by atoms with Crippen LogP contribution in [-0.2, 0) is 5.33 Å². The van der Waals surface area contributed by atoms with Crippen molar-refractivity contribution in [1.29, 1.82) is 0 Å². The lowest BCUT2D eigenvalue weighted by Gasteiger charge is -2.07. The molecule has 4 heteroatoms. The molecule has 0 radical (unpaired) electrons. The minimum absolute atomic E-state index is 0.895. The number of benzene rings is 1. The molecule has 0 aliphatic rings. The van der Waals surface area contributed by atoms with Crippen molar-refractivity contribution in [2.75, 3.05) is 7.11 Å². The normalized spacial score (nSPS) is 10.8. The third-order valence-electron chi connectivity index (χ3n) is 2.10. The second-order valence-electron chi connectivity index (χ2n) is 2.84. The molecule has 0 aliphatic carbocycles. The van der Waals surface area contributed by atoms with Crippen LogP contribution in [0.4, 0.5) is 0 Å². The Kier molecular flexibility index (Phi) is 3.34. The predicted molar refractivity (Wildman–Crippen MR) is 73.7 cm³/mol. The van der Waals surface area contributed by atoms with E-state index in [-0.39, 0.29) is 0 Å². The Hall–Kier alpha value is 0.190. The van der Waals surface area contributed by atoms with Gasteiger partial charge in [0.25, 0.3) is 0 Å². The number of hydrogen-bond acceptors (Lipinski definition) is 2. The van der Waals surface area contributed by atoms with Gasteiger partial charge in [0.15, 0.2) is 0 Å². The SMILES string of the molecule is COc1cc(I)c(CBr)c2sccc12. The van der Waals surface area contributed by atoms with Crippen LogP contribution in [0.3, 0.4) is 0 Å². The molecule has 1 aromatic carbocycles. The van der Waals surface area contributed by atoms with Crippen molar-refractivity contribution in [3.63, 3.8) is 0 Å². The summed E-state index contributed by atoms with van der Waals surface area (Å²) >= 11 is 7.64. The summed E-state index contributed by atoms with van der Waals surface area (Å²) in [5.74, 6) is 0.968. The maximum atomic E-state index is 5.35. The minimum Gasteiger partial charge on any atom is -0.496 e. The lowest BCUT2D eigenvalue weighted by molar-refractivity contribution is 0.419. The van der Waals surface area contributed by atoms with E-state index in [1.807, 2.05) is 0 Å². The molecule has 2 aromatic rings. The van der Waals surface area contributed by atoms with E-state index < -0.39 is 0 Å². The van der Waals surface area contributed by atoms with E-state index in [9.17, 15) is 0 Å². The summed E-state index contributed by atoms with van der Waals surface area (Å²) in [6.45, 7) is 0. The molecule has 1 nitrogen and oxygen atoms in total. The Morgan fingerprint density at radius 3 is 3.00 bits per heavy atom. The number of thiophene rings is 1. The predicted octanol–water partition coefficient (Wildman–Crippen LogP) is 4.41. The van der Waals surface area contributed by atoms with E-state index in [2.05, 4.69) is 56.0 Å². The quantitative estimate of drug-likeness (QED) is 0.552. The number of hydrogen-bond donors (Lipinski definition) is 0. The summed E-state index contributed by atoms with van der Waals surface area (Å²) in [4.78, 5) is 0. The molecule has 0 saturated carbocycles. The molecule has 74 valence electrons. The summed E-state index contributed by atoms with van der Waals surface area (Å²) in [5.41, 5.74) is 1.36. The molecule has 0 bridgehead atoms. The van der Waals surface area contributed by atoms with Gasteiger partial charge < -0.3 is 4.74 Å². The Labute approximate surface area is 109 Å². The van der Waals surface area contributed by atoms with Gasteiger partial charge in [-0.2, -0.15) is 0 Å². The highest BCUT2D eigenvalue weighted by molar-refractivity contribution is 14.1. The van der Waals surface area contributed by atoms with Gasteiger partial charge in [-0.05, 0) is 45.7 Å². The fourth-order valence-electron chi connectivity index (χ4n) is 1.42. The second-order valence-corrected chi connectivity index (χ2v) is 5.48. The average Bonchev–Trinajstić information content (AvgIpc) is 2.65. The van der Waals surface area contributed by atoms with Gasteiger partial charge in [0.05, 0.1) is 7.11 Å². The lowest BCUT2D eigenvalue weighted by atomic mass is 10.2. The van der Waals surface area contributed by atoms with E-state index in [0.717, 1.165) is 11.1 Å². The molecule has 14 heavy (non-hydrogen) atoms. The summed E-state index contributed by atoms with van der Waals surface area (Å²) < 4.78 is 7.93. The lowest BCUT2D eigenvalue weighted by Crippen LogP contribution is -1.89. The molecule has 0 spiro atoms. The first-order chi connectivity index (χ1) is 6.77. The topological polar surface area (TPSA) is 9.23 Å². The van der Waals surface area contributed by atoms with Crippen LogP contribution in [0.15, 0.2) is 17.5 Å². The van der Waals surface area contributed by atoms with Crippen molar-refractivity contribution in [2.45, 2.75) is 5.33 Å². The maximum absolute atomic E-state index is 5.35. The number of halogens is 2. The third kappa shape index (κ3) is 1.67. The zero-order chi connectivity index (χ0) is 10.1. The van der Waals surface area contributed by atoms with Gasteiger partial charge in [0.2, 0.25) is 0 Å². The van der Waals surface area contributed by atoms with E-state index in [1.54, 1.807) is 18.4 Å². The molecule has 0 fully saturated rings. The standard InChI is InChI=1S/C10H8BrIOS/c1-13-9-4-8(12)7(5-11)10-6(9)2-3-14-10/h2-4H,5H2,1H3. The van der Waals surface area contributed by atoms with Crippen LogP contribution in [0.25, 0.3) is 10.1 Å². The number of methoxy groups -OCH3 is 1. The third-order valence-corrected chi connectivity index (χ3v) is 4.60. The van der Waals surface area contributed by atoms with Crippen molar-refractivity contribution in [3.05, 3.63) is 26.6 Å². The first-order valence-corrected chi connectivity index (χ1v) is 7.14. The molecule has 0 aliphatic heterocycles. The van der Waals surface area contributed by atoms with Crippen molar-refractivity contribution in [1.82, 2.24) is 0 Å². The van der Waals surface area contributed by atoms with Crippen LogP contribution in [0.5, 0.6) is 5.75 Å². The fourth-order valence-corrected chi connectivity index (χ4v) is 4.60. The summed E-state index contributed by atoms with van der Waals surface area (Å²) in [7, 11) is 1.72. The molecule has 0 saturated heterocycles. The summed E-state index contributed by atoms with van der Waals surface area (Å²) in [6, 6.07) is 4.20. The first-order valence-electron chi connectivity index (χ1n) is 4.06. The van der Waals surface area contributed by atoms with Gasteiger partial charge in [-0.15, -0.1) is 11.3 Å². The molecule has 0 N–H and O–H groups in total. The van der Waals surface area contributed by atoms with Gasteiger partial charge in [0.1, 0.15) is 5.75 Å². The smallest absolute Gasteiger partial charge is 0.128 e. The van der Waals surface area contributed by atoms with Crippen molar-refractivity contribution in [2.24, 2.45) is 0 Å². The molecular formula is C10H8BrIOS. The van der Waals surface area contributed by atoms with Crippen LogP contribution in [0.2, 0.25) is 0 Å². The van der Waals surface area contributed by atoms with E-state index in [1.165, 1.54) is 19.2 Å². The molecule has 0 atom stereocenters. The maximum Gasteiger partial charge on any atom is 0.128 e. The minimum atomic E-state index is 0.895. The van der Waals surface area contributed by atoms with Gasteiger partial charge >= 0.3 is 0 Å². The zero-order valence-corrected chi connectivity index (χ0v) is 12.1. The highest BCUT2D eigenvalue weighted by Crippen LogP contribution is 2.36. The van der Waals surface area contributed by atoms with E-state index in [0.29, 0.717) is 0 Å². The van der Waals surface area contributed by atoms with E-state index in [4.69, 9.17) is 4.74 Å². The Morgan fingerprint density at radius 2 is 2.36 bits per heavy atom. The van der Waals surface area contributed by atoms with Gasteiger partial charge in [-0.25, -0.2) is 0 Å². The van der Waals surface area contributed by atoms with Crippen LogP contribution >= 0.6 is 49.9 Å². The summed E-state index contributed by atoms with van der Waals surface area (Å²) in [5, 5.41) is 4.22. The Bertz CT molecular complexity index is 466. The largest absolute Gasteiger partial charge is 0.496 e. The number of fused-ring (bicyclic) bond motifs is 1. The van der Waals surface area contributed by atoms with Gasteiger partial charge in [0, 0.05) is 19.0 Å².